The van der Waals surface area contributed by atoms with E-state index in [9.17, 15) is 0 Å². The second-order valence-electron chi connectivity index (χ2n) is 3.81. The first-order valence-electron chi connectivity index (χ1n) is 5.64. The lowest BCUT2D eigenvalue weighted by molar-refractivity contribution is 0.0509. The summed E-state index contributed by atoms with van der Waals surface area (Å²) >= 11 is 0. The van der Waals surface area contributed by atoms with Crippen molar-refractivity contribution in [2.24, 2.45) is 0 Å². The van der Waals surface area contributed by atoms with E-state index in [1.807, 2.05) is 0 Å². The quantitative estimate of drug-likeness (QED) is 0.550. The van der Waals surface area contributed by atoms with Crippen LogP contribution in [0.5, 0.6) is 0 Å². The van der Waals surface area contributed by atoms with Gasteiger partial charge in [-0.2, -0.15) is 0 Å². The zero-order valence-electron chi connectivity index (χ0n) is 10.2. The number of aliphatic hydroxyl groups is 1. The number of ether oxygens (including phenoxy) is 2. The van der Waals surface area contributed by atoms with Gasteiger partial charge in [0.2, 0.25) is 0 Å². The molecule has 0 aromatic rings. The lowest BCUT2D eigenvalue weighted by Gasteiger charge is -2.25. The van der Waals surface area contributed by atoms with Crippen LogP contribution in [-0.2, 0) is 9.47 Å². The SMILES string of the molecule is COCCOCCN(CCCO)C(C)C. The van der Waals surface area contributed by atoms with Gasteiger partial charge in [-0.05, 0) is 20.3 Å². The zero-order chi connectivity index (χ0) is 11.5. The first-order valence-corrected chi connectivity index (χ1v) is 5.64. The van der Waals surface area contributed by atoms with E-state index in [-0.39, 0.29) is 6.61 Å². The maximum atomic E-state index is 8.76. The summed E-state index contributed by atoms with van der Waals surface area (Å²) in [5.41, 5.74) is 0. The van der Waals surface area contributed by atoms with Gasteiger partial charge < -0.3 is 14.6 Å². The molecule has 0 amide bonds. The van der Waals surface area contributed by atoms with E-state index in [0.29, 0.717) is 19.3 Å². The Morgan fingerprint density at radius 3 is 2.40 bits per heavy atom. The van der Waals surface area contributed by atoms with Crippen molar-refractivity contribution >= 4 is 0 Å². The van der Waals surface area contributed by atoms with Crippen LogP contribution in [0.2, 0.25) is 0 Å². The molecular formula is C11H25NO3. The maximum Gasteiger partial charge on any atom is 0.0700 e. The highest BCUT2D eigenvalue weighted by Crippen LogP contribution is 1.99. The third-order valence-corrected chi connectivity index (χ3v) is 2.29. The van der Waals surface area contributed by atoms with Crippen molar-refractivity contribution in [3.8, 4) is 0 Å². The van der Waals surface area contributed by atoms with Crippen molar-refractivity contribution < 1.29 is 14.6 Å². The molecule has 0 atom stereocenters. The second kappa shape index (κ2) is 10.4. The van der Waals surface area contributed by atoms with Gasteiger partial charge in [0.1, 0.15) is 0 Å². The van der Waals surface area contributed by atoms with Crippen molar-refractivity contribution in [3.05, 3.63) is 0 Å². The lowest BCUT2D eigenvalue weighted by atomic mass is 10.3. The molecule has 15 heavy (non-hydrogen) atoms. The summed E-state index contributed by atoms with van der Waals surface area (Å²) < 4.78 is 10.3. The van der Waals surface area contributed by atoms with Crippen LogP contribution in [0.4, 0.5) is 0 Å². The second-order valence-corrected chi connectivity index (χ2v) is 3.81. The minimum Gasteiger partial charge on any atom is -0.396 e. The third kappa shape index (κ3) is 8.81. The Kier molecular flexibility index (Phi) is 10.3. The fourth-order valence-corrected chi connectivity index (χ4v) is 1.33. The van der Waals surface area contributed by atoms with Crippen LogP contribution in [0.3, 0.4) is 0 Å². The van der Waals surface area contributed by atoms with Crippen LogP contribution in [0.25, 0.3) is 0 Å². The molecule has 0 aromatic carbocycles. The first kappa shape index (κ1) is 14.8. The molecule has 92 valence electrons. The molecule has 0 radical (unpaired) electrons. The van der Waals surface area contributed by atoms with Gasteiger partial charge in [-0.15, -0.1) is 0 Å². The highest BCUT2D eigenvalue weighted by atomic mass is 16.5. The lowest BCUT2D eigenvalue weighted by Crippen LogP contribution is -2.35. The molecule has 4 heteroatoms. The van der Waals surface area contributed by atoms with Crippen molar-refractivity contribution in [3.63, 3.8) is 0 Å². The number of aliphatic hydroxyl groups excluding tert-OH is 1. The number of nitrogens with zero attached hydrogens (tertiary/aromatic N) is 1. The Labute approximate surface area is 93.2 Å². The largest absolute Gasteiger partial charge is 0.396 e. The number of hydrogen-bond donors (Lipinski definition) is 1. The molecule has 0 bridgehead atoms. The van der Waals surface area contributed by atoms with Crippen molar-refractivity contribution in [1.29, 1.82) is 0 Å². The Balaban J connectivity index is 3.48. The maximum absolute atomic E-state index is 8.76. The van der Waals surface area contributed by atoms with E-state index in [0.717, 1.165) is 26.1 Å². The molecule has 0 aliphatic carbocycles. The van der Waals surface area contributed by atoms with Gasteiger partial charge in [-0.3, -0.25) is 4.90 Å². The molecule has 0 aliphatic rings. The Morgan fingerprint density at radius 1 is 1.13 bits per heavy atom. The Bertz CT molecular complexity index is 131. The van der Waals surface area contributed by atoms with E-state index in [1.54, 1.807) is 7.11 Å². The molecule has 0 unspecified atom stereocenters. The average Bonchev–Trinajstić information content (AvgIpc) is 2.21. The summed E-state index contributed by atoms with van der Waals surface area (Å²) in [6, 6.07) is 0.502. The van der Waals surface area contributed by atoms with E-state index < -0.39 is 0 Å². The van der Waals surface area contributed by atoms with E-state index >= 15 is 0 Å². The van der Waals surface area contributed by atoms with Crippen LogP contribution >= 0.6 is 0 Å². The minimum absolute atomic E-state index is 0.258. The van der Waals surface area contributed by atoms with Gasteiger partial charge in [0.25, 0.3) is 0 Å². The van der Waals surface area contributed by atoms with Crippen LogP contribution in [0.1, 0.15) is 20.3 Å². The molecular weight excluding hydrogens is 194 g/mol. The molecule has 0 rings (SSSR count). The highest BCUT2D eigenvalue weighted by Gasteiger charge is 2.07. The number of hydrogen-bond acceptors (Lipinski definition) is 4. The van der Waals surface area contributed by atoms with Gasteiger partial charge in [-0.25, -0.2) is 0 Å². The summed E-state index contributed by atoms with van der Waals surface area (Å²) in [5.74, 6) is 0. The van der Waals surface area contributed by atoms with Crippen LogP contribution in [0.15, 0.2) is 0 Å². The molecule has 0 spiro atoms. The molecule has 0 aromatic heterocycles. The standard InChI is InChI=1S/C11H25NO3/c1-11(2)12(5-4-7-13)6-8-15-10-9-14-3/h11,13H,4-10H2,1-3H3. The molecule has 4 nitrogen and oxygen atoms in total. The zero-order valence-corrected chi connectivity index (χ0v) is 10.2. The van der Waals surface area contributed by atoms with Gasteiger partial charge in [0.05, 0.1) is 19.8 Å². The molecule has 0 fully saturated rings. The van der Waals surface area contributed by atoms with Crippen LogP contribution < -0.4 is 0 Å². The van der Waals surface area contributed by atoms with Gasteiger partial charge >= 0.3 is 0 Å². The normalized spacial score (nSPS) is 11.6. The van der Waals surface area contributed by atoms with Crippen molar-refractivity contribution in [2.75, 3.05) is 46.6 Å². The van der Waals surface area contributed by atoms with E-state index in [4.69, 9.17) is 14.6 Å². The molecule has 0 saturated heterocycles. The fraction of sp³-hybridized carbons (Fsp3) is 1.00. The summed E-state index contributed by atoms with van der Waals surface area (Å²) in [6.07, 6.45) is 0.830. The predicted octanol–water partition coefficient (Wildman–Crippen LogP) is 0.742. The summed E-state index contributed by atoms with van der Waals surface area (Å²) in [7, 11) is 1.67. The minimum atomic E-state index is 0.258. The van der Waals surface area contributed by atoms with E-state index in [1.165, 1.54) is 0 Å². The van der Waals surface area contributed by atoms with Crippen molar-refractivity contribution in [2.45, 2.75) is 26.3 Å². The Hall–Kier alpha value is -0.160. The van der Waals surface area contributed by atoms with Gasteiger partial charge in [0, 0.05) is 32.8 Å². The smallest absolute Gasteiger partial charge is 0.0700 e. The third-order valence-electron chi connectivity index (χ3n) is 2.29. The highest BCUT2D eigenvalue weighted by molar-refractivity contribution is 4.62. The summed E-state index contributed by atoms with van der Waals surface area (Å²) in [5, 5.41) is 8.76. The topological polar surface area (TPSA) is 41.9 Å². The summed E-state index contributed by atoms with van der Waals surface area (Å²) in [6.45, 7) is 8.46. The monoisotopic (exact) mass is 219 g/mol. The fourth-order valence-electron chi connectivity index (χ4n) is 1.33. The number of methoxy groups -OCH3 is 1. The molecule has 1 N–H and O–H groups in total. The summed E-state index contributed by atoms with van der Waals surface area (Å²) in [4.78, 5) is 2.31. The average molecular weight is 219 g/mol. The molecule has 0 heterocycles. The van der Waals surface area contributed by atoms with Gasteiger partial charge in [-0.1, -0.05) is 0 Å². The van der Waals surface area contributed by atoms with Gasteiger partial charge in [0.15, 0.2) is 0 Å². The van der Waals surface area contributed by atoms with Crippen LogP contribution in [-0.4, -0.2) is 62.7 Å². The molecule has 0 saturated carbocycles. The first-order chi connectivity index (χ1) is 7.22. The predicted molar refractivity (Wildman–Crippen MR) is 61.1 cm³/mol. The Morgan fingerprint density at radius 2 is 1.87 bits per heavy atom. The number of rotatable bonds is 10. The van der Waals surface area contributed by atoms with E-state index in [2.05, 4.69) is 18.7 Å². The van der Waals surface area contributed by atoms with Crippen LogP contribution in [0, 0.1) is 0 Å². The van der Waals surface area contributed by atoms with Crippen molar-refractivity contribution in [1.82, 2.24) is 4.90 Å². The molecule has 0 aliphatic heterocycles.